The summed E-state index contributed by atoms with van der Waals surface area (Å²) < 4.78 is 0. The summed E-state index contributed by atoms with van der Waals surface area (Å²) in [7, 11) is 0. The summed E-state index contributed by atoms with van der Waals surface area (Å²) in [5.41, 5.74) is 2.14. The molecule has 0 fully saturated rings. The molecule has 0 saturated carbocycles. The maximum Gasteiger partial charge on any atom is 0.304 e. The summed E-state index contributed by atoms with van der Waals surface area (Å²) in [6, 6.07) is 7.72. The van der Waals surface area contributed by atoms with Crippen LogP contribution in [0.2, 0.25) is 5.02 Å². The van der Waals surface area contributed by atoms with Crippen LogP contribution < -0.4 is 0 Å². The van der Waals surface area contributed by atoms with Crippen LogP contribution in [0.15, 0.2) is 30.5 Å². The molecule has 0 unspecified atom stereocenters. The maximum atomic E-state index is 10.3. The smallest absolute Gasteiger partial charge is 0.303 e. The van der Waals surface area contributed by atoms with Crippen LogP contribution in [0.1, 0.15) is 18.4 Å². The maximum absolute atomic E-state index is 10.3. The van der Waals surface area contributed by atoms with Crippen LogP contribution in [0.3, 0.4) is 0 Å². The van der Waals surface area contributed by atoms with Gasteiger partial charge in [-0.05, 0) is 59.8 Å². The summed E-state index contributed by atoms with van der Waals surface area (Å²) in [6.07, 6.45) is 5.14. The van der Waals surface area contributed by atoms with E-state index in [1.165, 1.54) is 5.56 Å². The minimum absolute atomic E-state index is 0.609. The molecule has 0 aliphatic rings. The van der Waals surface area contributed by atoms with Crippen molar-refractivity contribution >= 4 is 62.5 Å². The lowest BCUT2D eigenvalue weighted by Crippen LogP contribution is -1.94. The Labute approximate surface area is 142 Å². The summed E-state index contributed by atoms with van der Waals surface area (Å²) in [5, 5.41) is -0.462. The molecule has 2 rings (SSSR count). The second-order valence-corrected chi connectivity index (χ2v) is 5.36. The molecule has 4 nitrogen and oxygen atoms in total. The Kier molecular flexibility index (Phi) is 8.02. The van der Waals surface area contributed by atoms with E-state index in [0.717, 1.165) is 30.0 Å². The van der Waals surface area contributed by atoms with E-state index in [2.05, 4.69) is 28.2 Å². The number of hydrogen-bond donors (Lipinski definition) is 0. The summed E-state index contributed by atoms with van der Waals surface area (Å²) in [4.78, 5) is 33.4. The molecule has 0 N–H and O–H groups in total. The Bertz CT molecular complexity index is 677. The normalized spacial score (nSPS) is 9.77. The van der Waals surface area contributed by atoms with Crippen molar-refractivity contribution in [2.75, 3.05) is 0 Å². The van der Waals surface area contributed by atoms with Gasteiger partial charge in [-0.15, -0.1) is 0 Å². The molecule has 116 valence electrons. The average Bonchev–Trinajstić information content (AvgIpc) is 2.48. The molecule has 1 aromatic heterocycles. The van der Waals surface area contributed by atoms with Crippen molar-refractivity contribution in [1.82, 2.24) is 4.98 Å². The molecule has 22 heavy (non-hydrogen) atoms. The first-order valence-corrected chi connectivity index (χ1v) is 7.45. The molecule has 0 bridgehead atoms. The second kappa shape index (κ2) is 9.51. The molecule has 0 saturated heterocycles. The van der Waals surface area contributed by atoms with Crippen molar-refractivity contribution < 1.29 is 14.4 Å². The van der Waals surface area contributed by atoms with Crippen molar-refractivity contribution in [2.24, 2.45) is 0 Å². The lowest BCUT2D eigenvalue weighted by atomic mass is 10.0. The van der Waals surface area contributed by atoms with Gasteiger partial charge in [0.05, 0.1) is 5.52 Å². The number of aryl methyl sites for hydroxylation is 1. The highest BCUT2D eigenvalue weighted by molar-refractivity contribution is 6.97. The van der Waals surface area contributed by atoms with Crippen molar-refractivity contribution in [3.8, 4) is 0 Å². The van der Waals surface area contributed by atoms with Crippen LogP contribution in [0.4, 0.5) is 0 Å². The minimum atomic E-state index is -1.14. The largest absolute Gasteiger partial charge is 0.304 e. The SMILES string of the molecule is O=C(Cl)C(=O)Cl.O=CCCCc1ccnc2cc(Cl)ccc12. The van der Waals surface area contributed by atoms with E-state index in [0.29, 0.717) is 11.4 Å². The van der Waals surface area contributed by atoms with Gasteiger partial charge in [0.25, 0.3) is 0 Å². The Hall–Kier alpha value is -1.49. The Balaban J connectivity index is 0.000000346. The fourth-order valence-electron chi connectivity index (χ4n) is 1.77. The van der Waals surface area contributed by atoms with Crippen LogP contribution in [0.5, 0.6) is 0 Å². The van der Waals surface area contributed by atoms with Crippen molar-refractivity contribution in [3.63, 3.8) is 0 Å². The Morgan fingerprint density at radius 1 is 1.14 bits per heavy atom. The number of carbonyl (C=O) groups is 3. The molecule has 0 amide bonds. The predicted octanol–water partition coefficient (Wildman–Crippen LogP) is 3.93. The number of aldehydes is 1. The first kappa shape index (κ1) is 18.6. The lowest BCUT2D eigenvalue weighted by molar-refractivity contribution is -0.127. The Morgan fingerprint density at radius 2 is 1.82 bits per heavy atom. The van der Waals surface area contributed by atoms with E-state index in [1.54, 1.807) is 6.20 Å². The molecule has 0 spiro atoms. The van der Waals surface area contributed by atoms with Gasteiger partial charge in [-0.1, -0.05) is 17.7 Å². The van der Waals surface area contributed by atoms with Crippen molar-refractivity contribution in [1.29, 1.82) is 0 Å². The summed E-state index contributed by atoms with van der Waals surface area (Å²) in [5.74, 6) is 0. The molecule has 0 atom stereocenters. The second-order valence-electron chi connectivity index (χ2n) is 4.24. The third kappa shape index (κ3) is 6.10. The van der Waals surface area contributed by atoms with Gasteiger partial charge in [0.15, 0.2) is 0 Å². The average molecular weight is 361 g/mol. The number of rotatable bonds is 5. The quantitative estimate of drug-likeness (QED) is 0.351. The van der Waals surface area contributed by atoms with Crippen molar-refractivity contribution in [2.45, 2.75) is 19.3 Å². The fraction of sp³-hybridized carbons (Fsp3) is 0.200. The van der Waals surface area contributed by atoms with Gasteiger partial charge in [-0.3, -0.25) is 14.6 Å². The zero-order chi connectivity index (χ0) is 16.5. The first-order chi connectivity index (χ1) is 10.5. The standard InChI is InChI=1S/C13H12ClNO.C2Cl2O2/c14-11-4-5-12-10(3-1-2-8-16)6-7-15-13(12)9-11;3-1(5)2(4)6/h4-9H,1-3H2;. The van der Waals surface area contributed by atoms with Crippen LogP contribution >= 0.6 is 34.8 Å². The van der Waals surface area contributed by atoms with Crippen LogP contribution in [0, 0.1) is 0 Å². The van der Waals surface area contributed by atoms with E-state index in [-0.39, 0.29) is 0 Å². The molecule has 7 heteroatoms. The third-order valence-electron chi connectivity index (χ3n) is 2.72. The van der Waals surface area contributed by atoms with Gasteiger partial charge < -0.3 is 4.79 Å². The van der Waals surface area contributed by atoms with Crippen LogP contribution in [-0.2, 0) is 20.8 Å². The van der Waals surface area contributed by atoms with E-state index >= 15 is 0 Å². The van der Waals surface area contributed by atoms with E-state index in [9.17, 15) is 14.4 Å². The number of fused-ring (bicyclic) bond motifs is 1. The molecule has 2 aromatic rings. The highest BCUT2D eigenvalue weighted by atomic mass is 35.5. The monoisotopic (exact) mass is 359 g/mol. The zero-order valence-corrected chi connectivity index (χ0v) is 13.7. The number of nitrogens with zero attached hydrogens (tertiary/aromatic N) is 1. The van der Waals surface area contributed by atoms with Crippen LogP contribution in [-0.4, -0.2) is 21.8 Å². The number of carbonyl (C=O) groups excluding carboxylic acids is 3. The number of hydrogen-bond acceptors (Lipinski definition) is 4. The fourth-order valence-corrected chi connectivity index (χ4v) is 1.94. The van der Waals surface area contributed by atoms with Crippen LogP contribution in [0.25, 0.3) is 10.9 Å². The third-order valence-corrected chi connectivity index (χ3v) is 3.39. The van der Waals surface area contributed by atoms with Gasteiger partial charge in [-0.2, -0.15) is 0 Å². The van der Waals surface area contributed by atoms with Gasteiger partial charge in [0.2, 0.25) is 0 Å². The molecular weight excluding hydrogens is 349 g/mol. The number of pyridine rings is 1. The number of aromatic nitrogens is 1. The Morgan fingerprint density at radius 3 is 2.41 bits per heavy atom. The van der Waals surface area contributed by atoms with Gasteiger partial charge >= 0.3 is 10.5 Å². The summed E-state index contributed by atoms with van der Waals surface area (Å²) in [6.45, 7) is 0. The predicted molar refractivity (Wildman–Crippen MR) is 87.5 cm³/mol. The molecule has 1 heterocycles. The number of unbranched alkanes of at least 4 members (excludes halogenated alkanes) is 1. The number of benzene rings is 1. The first-order valence-electron chi connectivity index (χ1n) is 6.31. The lowest BCUT2D eigenvalue weighted by Gasteiger charge is -2.05. The number of halogens is 3. The summed E-state index contributed by atoms with van der Waals surface area (Å²) >= 11 is 14.9. The molecule has 1 aromatic carbocycles. The van der Waals surface area contributed by atoms with Gasteiger partial charge in [0.1, 0.15) is 6.29 Å². The molecular formula is C15H12Cl3NO3. The highest BCUT2D eigenvalue weighted by Gasteiger charge is 2.02. The van der Waals surface area contributed by atoms with E-state index in [1.807, 2.05) is 24.3 Å². The van der Waals surface area contributed by atoms with Gasteiger partial charge in [0, 0.05) is 23.0 Å². The van der Waals surface area contributed by atoms with E-state index < -0.39 is 10.5 Å². The topological polar surface area (TPSA) is 64.1 Å². The minimum Gasteiger partial charge on any atom is -0.303 e. The van der Waals surface area contributed by atoms with Crippen molar-refractivity contribution in [3.05, 3.63) is 41.0 Å². The molecule has 0 radical (unpaired) electrons. The molecule has 0 aliphatic heterocycles. The highest BCUT2D eigenvalue weighted by Crippen LogP contribution is 2.21. The molecule has 0 aliphatic carbocycles. The zero-order valence-electron chi connectivity index (χ0n) is 11.4. The van der Waals surface area contributed by atoms with Gasteiger partial charge in [-0.25, -0.2) is 0 Å². The van der Waals surface area contributed by atoms with E-state index in [4.69, 9.17) is 11.6 Å².